The van der Waals surface area contributed by atoms with Gasteiger partial charge in [0, 0.05) is 44.6 Å². The van der Waals surface area contributed by atoms with E-state index >= 15 is 0 Å². The molecule has 1 fully saturated rings. The van der Waals surface area contributed by atoms with Gasteiger partial charge in [0.15, 0.2) is 0 Å². The van der Waals surface area contributed by atoms with Crippen molar-refractivity contribution in [3.05, 3.63) is 71.8 Å². The molecule has 0 amide bonds. The van der Waals surface area contributed by atoms with Gasteiger partial charge >= 0.3 is 0 Å². The van der Waals surface area contributed by atoms with Crippen LogP contribution in [0, 0.1) is 5.82 Å². The van der Waals surface area contributed by atoms with Crippen molar-refractivity contribution in [1.82, 2.24) is 15.2 Å². The third kappa shape index (κ3) is 3.78. The SMILES string of the molecule is Fc1ccc(/C=C/CN2CCNCC2c2ccncc2)cc1. The number of halogens is 1. The number of piperazine rings is 1. The largest absolute Gasteiger partial charge is 0.314 e. The fourth-order valence-corrected chi connectivity index (χ4v) is 2.78. The highest BCUT2D eigenvalue weighted by molar-refractivity contribution is 5.49. The van der Waals surface area contributed by atoms with Crippen LogP contribution in [-0.2, 0) is 0 Å². The van der Waals surface area contributed by atoms with Crippen LogP contribution in [-0.4, -0.2) is 36.1 Å². The second-order valence-corrected chi connectivity index (χ2v) is 5.45. The molecule has 1 saturated heterocycles. The molecule has 0 aliphatic carbocycles. The maximum Gasteiger partial charge on any atom is 0.123 e. The summed E-state index contributed by atoms with van der Waals surface area (Å²) in [6.45, 7) is 3.85. The molecule has 0 bridgehead atoms. The number of pyridine rings is 1. The molecule has 1 atom stereocenters. The molecular weight excluding hydrogens is 277 g/mol. The van der Waals surface area contributed by atoms with Gasteiger partial charge in [-0.1, -0.05) is 24.3 Å². The second kappa shape index (κ2) is 7.29. The Bertz CT molecular complexity index is 610. The summed E-state index contributed by atoms with van der Waals surface area (Å²) in [7, 11) is 0. The minimum Gasteiger partial charge on any atom is -0.314 e. The Kier molecular flexibility index (Phi) is 4.93. The highest BCUT2D eigenvalue weighted by atomic mass is 19.1. The highest BCUT2D eigenvalue weighted by Crippen LogP contribution is 2.21. The molecule has 22 heavy (non-hydrogen) atoms. The van der Waals surface area contributed by atoms with Crippen molar-refractivity contribution in [2.45, 2.75) is 6.04 Å². The first-order valence-electron chi connectivity index (χ1n) is 7.60. The monoisotopic (exact) mass is 297 g/mol. The average Bonchev–Trinajstić information content (AvgIpc) is 2.58. The van der Waals surface area contributed by atoms with E-state index in [1.165, 1.54) is 17.7 Å². The first-order valence-corrected chi connectivity index (χ1v) is 7.60. The third-order valence-electron chi connectivity index (χ3n) is 3.97. The molecule has 1 unspecified atom stereocenters. The van der Waals surface area contributed by atoms with Crippen LogP contribution in [0.3, 0.4) is 0 Å². The van der Waals surface area contributed by atoms with Crippen LogP contribution in [0.2, 0.25) is 0 Å². The Labute approximate surface area is 130 Å². The van der Waals surface area contributed by atoms with E-state index in [1.54, 1.807) is 12.1 Å². The van der Waals surface area contributed by atoms with Crippen LogP contribution in [0.1, 0.15) is 17.2 Å². The predicted octanol–water partition coefficient (Wildman–Crippen LogP) is 2.88. The van der Waals surface area contributed by atoms with Gasteiger partial charge in [0.2, 0.25) is 0 Å². The zero-order valence-electron chi connectivity index (χ0n) is 12.5. The molecule has 2 heterocycles. The lowest BCUT2D eigenvalue weighted by Crippen LogP contribution is -2.45. The highest BCUT2D eigenvalue weighted by Gasteiger charge is 2.22. The summed E-state index contributed by atoms with van der Waals surface area (Å²) in [5, 5.41) is 3.45. The zero-order chi connectivity index (χ0) is 15.2. The van der Waals surface area contributed by atoms with Crippen molar-refractivity contribution in [3.63, 3.8) is 0 Å². The van der Waals surface area contributed by atoms with E-state index in [9.17, 15) is 4.39 Å². The maximum atomic E-state index is 12.9. The van der Waals surface area contributed by atoms with Crippen LogP contribution < -0.4 is 5.32 Å². The maximum absolute atomic E-state index is 12.9. The fourth-order valence-electron chi connectivity index (χ4n) is 2.78. The van der Waals surface area contributed by atoms with Gasteiger partial charge in [-0.2, -0.15) is 0 Å². The molecule has 1 aliphatic heterocycles. The van der Waals surface area contributed by atoms with Crippen LogP contribution in [0.15, 0.2) is 54.9 Å². The van der Waals surface area contributed by atoms with E-state index in [-0.39, 0.29) is 5.82 Å². The number of hydrogen-bond donors (Lipinski definition) is 1. The summed E-state index contributed by atoms with van der Waals surface area (Å²) < 4.78 is 12.9. The molecule has 0 radical (unpaired) electrons. The Morgan fingerprint density at radius 2 is 1.95 bits per heavy atom. The lowest BCUT2D eigenvalue weighted by atomic mass is 10.0. The van der Waals surface area contributed by atoms with Crippen LogP contribution >= 0.6 is 0 Å². The van der Waals surface area contributed by atoms with Crippen molar-refractivity contribution in [1.29, 1.82) is 0 Å². The summed E-state index contributed by atoms with van der Waals surface area (Å²) in [6, 6.07) is 11.1. The molecule has 4 heteroatoms. The third-order valence-corrected chi connectivity index (χ3v) is 3.97. The number of nitrogens with zero attached hydrogens (tertiary/aromatic N) is 2. The summed E-state index contributed by atoms with van der Waals surface area (Å²) in [5.74, 6) is -0.197. The van der Waals surface area contributed by atoms with Crippen molar-refractivity contribution >= 4 is 6.08 Å². The van der Waals surface area contributed by atoms with E-state index < -0.39 is 0 Å². The van der Waals surface area contributed by atoms with Crippen molar-refractivity contribution in [3.8, 4) is 0 Å². The zero-order valence-corrected chi connectivity index (χ0v) is 12.5. The molecule has 1 N–H and O–H groups in total. The summed E-state index contributed by atoms with van der Waals surface area (Å²) in [6.07, 6.45) is 7.88. The van der Waals surface area contributed by atoms with Gasteiger partial charge < -0.3 is 5.32 Å². The van der Waals surface area contributed by atoms with E-state index in [0.29, 0.717) is 6.04 Å². The molecule has 0 saturated carbocycles. The molecule has 1 aromatic carbocycles. The predicted molar refractivity (Wildman–Crippen MR) is 86.9 cm³/mol. The normalized spacial score (nSPS) is 19.6. The van der Waals surface area contributed by atoms with Crippen LogP contribution in [0.4, 0.5) is 4.39 Å². The number of hydrogen-bond acceptors (Lipinski definition) is 3. The number of aromatic nitrogens is 1. The lowest BCUT2D eigenvalue weighted by Gasteiger charge is -2.35. The molecule has 114 valence electrons. The second-order valence-electron chi connectivity index (χ2n) is 5.45. The Morgan fingerprint density at radius 3 is 2.73 bits per heavy atom. The minimum absolute atomic E-state index is 0.197. The molecule has 1 aliphatic rings. The fraction of sp³-hybridized carbons (Fsp3) is 0.278. The molecular formula is C18H20FN3. The van der Waals surface area contributed by atoms with Gasteiger partial charge in [0.25, 0.3) is 0 Å². The lowest BCUT2D eigenvalue weighted by molar-refractivity contribution is 0.180. The number of nitrogens with one attached hydrogen (secondary N) is 1. The number of rotatable bonds is 4. The number of benzene rings is 1. The Hall–Kier alpha value is -2.04. The standard InChI is InChI=1S/C18H20FN3/c19-17-5-3-15(4-6-17)2-1-12-22-13-11-21-14-18(22)16-7-9-20-10-8-16/h1-10,18,21H,11-14H2/b2-1+. The van der Waals surface area contributed by atoms with E-state index in [2.05, 4.69) is 33.4 Å². The van der Waals surface area contributed by atoms with Gasteiger partial charge in [-0.05, 0) is 35.4 Å². The van der Waals surface area contributed by atoms with Gasteiger partial charge in [-0.15, -0.1) is 0 Å². The summed E-state index contributed by atoms with van der Waals surface area (Å²) in [5.41, 5.74) is 2.31. The molecule has 3 rings (SSSR count). The summed E-state index contributed by atoms with van der Waals surface area (Å²) in [4.78, 5) is 6.54. The van der Waals surface area contributed by atoms with Gasteiger partial charge in [0.05, 0.1) is 0 Å². The van der Waals surface area contributed by atoms with Crippen molar-refractivity contribution in [2.24, 2.45) is 0 Å². The van der Waals surface area contributed by atoms with E-state index in [0.717, 1.165) is 31.7 Å². The molecule has 3 nitrogen and oxygen atoms in total. The van der Waals surface area contributed by atoms with Crippen LogP contribution in [0.5, 0.6) is 0 Å². The Morgan fingerprint density at radius 1 is 1.18 bits per heavy atom. The topological polar surface area (TPSA) is 28.2 Å². The molecule has 1 aromatic heterocycles. The summed E-state index contributed by atoms with van der Waals surface area (Å²) >= 11 is 0. The Balaban J connectivity index is 1.65. The van der Waals surface area contributed by atoms with Crippen molar-refractivity contribution in [2.75, 3.05) is 26.2 Å². The van der Waals surface area contributed by atoms with E-state index in [1.807, 2.05) is 18.5 Å². The van der Waals surface area contributed by atoms with Gasteiger partial charge in [-0.25, -0.2) is 4.39 Å². The molecule has 0 spiro atoms. The minimum atomic E-state index is -0.197. The van der Waals surface area contributed by atoms with E-state index in [4.69, 9.17) is 0 Å². The first-order chi connectivity index (χ1) is 10.8. The van der Waals surface area contributed by atoms with Crippen LogP contribution in [0.25, 0.3) is 6.08 Å². The molecule has 2 aromatic rings. The quantitative estimate of drug-likeness (QED) is 0.940. The van der Waals surface area contributed by atoms with Crippen molar-refractivity contribution < 1.29 is 4.39 Å². The average molecular weight is 297 g/mol. The van der Waals surface area contributed by atoms with Gasteiger partial charge in [-0.3, -0.25) is 9.88 Å². The smallest absolute Gasteiger partial charge is 0.123 e. The first kappa shape index (κ1) is 14.9. The van der Waals surface area contributed by atoms with Gasteiger partial charge in [0.1, 0.15) is 5.82 Å².